The summed E-state index contributed by atoms with van der Waals surface area (Å²) in [4.78, 5) is 19.3. The van der Waals surface area contributed by atoms with Gasteiger partial charge in [0.15, 0.2) is 0 Å². The lowest BCUT2D eigenvalue weighted by atomic mass is 10.1. The van der Waals surface area contributed by atoms with E-state index < -0.39 is 0 Å². The minimum Gasteiger partial charge on any atom is -0.364 e. The maximum atomic E-state index is 12.4. The molecule has 3 aromatic rings. The molecule has 2 aromatic carbocycles. The van der Waals surface area contributed by atoms with Crippen LogP contribution in [0.2, 0.25) is 0 Å². The van der Waals surface area contributed by atoms with E-state index in [1.807, 2.05) is 36.8 Å². The lowest BCUT2D eigenvalue weighted by Crippen LogP contribution is -2.56. The Hall–Kier alpha value is -3.20. The number of likely N-dealkylation sites (N-methyl/N-ethyl adjacent to an activating group) is 1. The minimum absolute atomic E-state index is 0.000136. The molecule has 8 heteroatoms. The first-order chi connectivity index (χ1) is 16.1. The van der Waals surface area contributed by atoms with Crippen molar-refractivity contribution in [1.29, 1.82) is 0 Å². The Kier molecular flexibility index (Phi) is 6.13. The van der Waals surface area contributed by atoms with Crippen LogP contribution in [0.1, 0.15) is 37.5 Å². The molecule has 2 aliphatic heterocycles. The first-order valence-electron chi connectivity index (χ1n) is 11.6. The van der Waals surface area contributed by atoms with E-state index in [1.165, 1.54) is 5.56 Å². The van der Waals surface area contributed by atoms with E-state index in [0.717, 1.165) is 36.1 Å². The van der Waals surface area contributed by atoms with E-state index in [9.17, 15) is 4.79 Å². The molecule has 33 heavy (non-hydrogen) atoms. The number of hydrogen-bond acceptors (Lipinski definition) is 6. The van der Waals surface area contributed by atoms with Crippen molar-refractivity contribution < 1.29 is 4.79 Å². The molecule has 0 saturated carbocycles. The summed E-state index contributed by atoms with van der Waals surface area (Å²) in [5, 5.41) is 13.3. The smallest absolute Gasteiger partial charge is 0.241 e. The number of amides is 1. The molecule has 3 heterocycles. The Balaban J connectivity index is 1.31. The standard InChI is InChI=1S/C25H31N7O/c1-17(18-7-4-3-5-8-18)29-25-27-14-12-23(31(25)2)32-16-28-21-15-19(10-11-22(21)32)30-24(33)20-9-6-13-26-20/h3-5,7-8,10-12,14-17,20,23,25-27,29H,6,9,13H2,1-2H3,(H,30,33)/t17-,20+,23?,25?/m0/s1. The first kappa shape index (κ1) is 21.6. The maximum absolute atomic E-state index is 12.4. The van der Waals surface area contributed by atoms with E-state index in [2.05, 4.69) is 80.0 Å². The molecule has 4 atom stereocenters. The van der Waals surface area contributed by atoms with Crippen LogP contribution in [-0.4, -0.2) is 46.3 Å². The highest BCUT2D eigenvalue weighted by molar-refractivity contribution is 5.96. The predicted molar refractivity (Wildman–Crippen MR) is 130 cm³/mol. The number of hydrogen-bond donors (Lipinski definition) is 4. The van der Waals surface area contributed by atoms with Crippen LogP contribution in [0.15, 0.2) is 67.1 Å². The molecule has 0 aliphatic carbocycles. The summed E-state index contributed by atoms with van der Waals surface area (Å²) >= 11 is 0. The normalized spacial score (nSPS) is 24.0. The van der Waals surface area contributed by atoms with Gasteiger partial charge >= 0.3 is 0 Å². The molecule has 4 N–H and O–H groups in total. The van der Waals surface area contributed by atoms with Gasteiger partial charge in [-0.15, -0.1) is 0 Å². The predicted octanol–water partition coefficient (Wildman–Crippen LogP) is 2.91. The molecule has 172 valence electrons. The van der Waals surface area contributed by atoms with Crippen molar-refractivity contribution in [2.75, 3.05) is 18.9 Å². The van der Waals surface area contributed by atoms with Gasteiger partial charge in [0.2, 0.25) is 5.91 Å². The van der Waals surface area contributed by atoms with Crippen LogP contribution >= 0.6 is 0 Å². The molecule has 2 aliphatic rings. The maximum Gasteiger partial charge on any atom is 0.241 e. The van der Waals surface area contributed by atoms with Gasteiger partial charge < -0.3 is 20.5 Å². The van der Waals surface area contributed by atoms with Crippen molar-refractivity contribution >= 4 is 22.6 Å². The number of anilines is 1. The minimum atomic E-state index is -0.102. The number of carbonyl (C=O) groups excluding carboxylic acids is 1. The number of nitrogens with one attached hydrogen (secondary N) is 4. The molecule has 0 bridgehead atoms. The second-order valence-corrected chi connectivity index (χ2v) is 8.80. The number of aromatic nitrogens is 2. The van der Waals surface area contributed by atoms with Crippen LogP contribution in [-0.2, 0) is 4.79 Å². The van der Waals surface area contributed by atoms with Gasteiger partial charge in [0.05, 0.1) is 23.4 Å². The van der Waals surface area contributed by atoms with Crippen LogP contribution in [0.3, 0.4) is 0 Å². The van der Waals surface area contributed by atoms with Gasteiger partial charge in [-0.3, -0.25) is 10.1 Å². The fraction of sp³-hybridized carbons (Fsp3) is 0.360. The second kappa shape index (κ2) is 9.35. The highest BCUT2D eigenvalue weighted by atomic mass is 16.2. The highest BCUT2D eigenvalue weighted by Gasteiger charge is 2.27. The summed E-state index contributed by atoms with van der Waals surface area (Å²) in [6, 6.07) is 16.4. The van der Waals surface area contributed by atoms with E-state index >= 15 is 0 Å². The zero-order valence-corrected chi connectivity index (χ0v) is 19.0. The van der Waals surface area contributed by atoms with Crippen molar-refractivity contribution in [3.05, 3.63) is 72.7 Å². The van der Waals surface area contributed by atoms with Gasteiger partial charge in [-0.05, 0) is 69.4 Å². The highest BCUT2D eigenvalue weighted by Crippen LogP contribution is 2.26. The first-order valence-corrected chi connectivity index (χ1v) is 11.6. The Morgan fingerprint density at radius 3 is 2.85 bits per heavy atom. The van der Waals surface area contributed by atoms with Crippen molar-refractivity contribution in [2.24, 2.45) is 0 Å². The number of nitrogens with zero attached hydrogens (tertiary/aromatic N) is 3. The summed E-state index contributed by atoms with van der Waals surface area (Å²) < 4.78 is 2.15. The molecule has 1 fully saturated rings. The summed E-state index contributed by atoms with van der Waals surface area (Å²) in [5.74, 6) is 0.0220. The molecular formula is C25H31N7O. The van der Waals surface area contributed by atoms with Gasteiger partial charge in [-0.2, -0.15) is 0 Å². The van der Waals surface area contributed by atoms with Crippen molar-refractivity contribution in [2.45, 2.75) is 44.3 Å². The summed E-state index contributed by atoms with van der Waals surface area (Å²) in [7, 11) is 2.09. The van der Waals surface area contributed by atoms with Gasteiger partial charge in [-0.25, -0.2) is 9.88 Å². The Morgan fingerprint density at radius 2 is 2.06 bits per heavy atom. The van der Waals surface area contributed by atoms with E-state index in [1.54, 1.807) is 0 Å². The summed E-state index contributed by atoms with van der Waals surface area (Å²) in [6.45, 7) is 3.07. The molecule has 5 rings (SSSR count). The number of benzene rings is 2. The quantitative estimate of drug-likeness (QED) is 0.467. The lowest BCUT2D eigenvalue weighted by molar-refractivity contribution is -0.117. The van der Waals surface area contributed by atoms with E-state index in [0.29, 0.717) is 0 Å². The monoisotopic (exact) mass is 445 g/mol. The van der Waals surface area contributed by atoms with Crippen LogP contribution in [0.25, 0.3) is 11.0 Å². The molecule has 0 spiro atoms. The average Bonchev–Trinajstić information content (AvgIpc) is 3.51. The van der Waals surface area contributed by atoms with Crippen LogP contribution in [0.5, 0.6) is 0 Å². The third-order valence-electron chi connectivity index (χ3n) is 6.56. The number of imidazole rings is 1. The van der Waals surface area contributed by atoms with Crippen LogP contribution in [0.4, 0.5) is 5.69 Å². The fourth-order valence-electron chi connectivity index (χ4n) is 4.63. The average molecular weight is 446 g/mol. The fourth-order valence-corrected chi connectivity index (χ4v) is 4.63. The molecule has 1 amide bonds. The van der Waals surface area contributed by atoms with Crippen molar-refractivity contribution in [3.63, 3.8) is 0 Å². The van der Waals surface area contributed by atoms with Gasteiger partial charge in [-0.1, -0.05) is 30.3 Å². The zero-order valence-electron chi connectivity index (χ0n) is 19.0. The van der Waals surface area contributed by atoms with E-state index in [-0.39, 0.29) is 30.4 Å². The molecule has 1 aromatic heterocycles. The van der Waals surface area contributed by atoms with Crippen LogP contribution in [0, 0.1) is 0 Å². The lowest BCUT2D eigenvalue weighted by Gasteiger charge is -2.39. The third kappa shape index (κ3) is 4.50. The summed E-state index contributed by atoms with van der Waals surface area (Å²) in [5.41, 5.74) is 3.89. The number of carbonyl (C=O) groups is 1. The van der Waals surface area contributed by atoms with Gasteiger partial charge in [0, 0.05) is 11.7 Å². The Labute approximate surface area is 194 Å². The topological polar surface area (TPSA) is 86.2 Å². The Bertz CT molecular complexity index is 1140. The molecule has 2 unspecified atom stereocenters. The van der Waals surface area contributed by atoms with Crippen LogP contribution < -0.4 is 21.3 Å². The molecule has 1 saturated heterocycles. The summed E-state index contributed by atoms with van der Waals surface area (Å²) in [6.07, 6.45) is 7.87. The van der Waals surface area contributed by atoms with Crippen molar-refractivity contribution in [1.82, 2.24) is 30.4 Å². The van der Waals surface area contributed by atoms with Gasteiger partial charge in [0.25, 0.3) is 0 Å². The molecule has 0 radical (unpaired) electrons. The number of rotatable bonds is 6. The number of fused-ring (bicyclic) bond motifs is 1. The SMILES string of the molecule is C[C@H](NC1NC=CC(n2cnc3cc(NC(=O)[C@H]4CCCN4)ccc32)N1C)c1ccccc1. The largest absolute Gasteiger partial charge is 0.364 e. The molecule has 8 nitrogen and oxygen atoms in total. The van der Waals surface area contributed by atoms with E-state index in [4.69, 9.17) is 0 Å². The van der Waals surface area contributed by atoms with Crippen molar-refractivity contribution in [3.8, 4) is 0 Å². The third-order valence-corrected chi connectivity index (χ3v) is 6.56. The second-order valence-electron chi connectivity index (χ2n) is 8.80. The zero-order chi connectivity index (χ0) is 22.8. The van der Waals surface area contributed by atoms with Gasteiger partial charge in [0.1, 0.15) is 12.5 Å². The molecular weight excluding hydrogens is 414 g/mol. The Morgan fingerprint density at radius 1 is 1.21 bits per heavy atom.